The van der Waals surface area contributed by atoms with E-state index in [4.69, 9.17) is 13.5 Å². The third-order valence-electron chi connectivity index (χ3n) is 5.65. The number of ether oxygens (including phenoxy) is 1. The van der Waals surface area contributed by atoms with Gasteiger partial charge in [0.15, 0.2) is 28.8 Å². The van der Waals surface area contributed by atoms with Gasteiger partial charge < -0.3 is 18.6 Å². The van der Waals surface area contributed by atoms with Gasteiger partial charge in [0, 0.05) is 5.56 Å². The number of hydrogen-bond donors (Lipinski definition) is 2. The van der Waals surface area contributed by atoms with E-state index in [0.29, 0.717) is 23.1 Å². The first-order valence-corrected chi connectivity index (χ1v) is 10.3. The molecule has 0 radical (unpaired) electrons. The van der Waals surface area contributed by atoms with Crippen molar-refractivity contribution in [3.8, 4) is 22.6 Å². The predicted molar refractivity (Wildman–Crippen MR) is 118 cm³/mol. The highest BCUT2D eigenvalue weighted by Crippen LogP contribution is 2.44. The maximum Gasteiger partial charge on any atom is 0.192 e. The minimum absolute atomic E-state index is 0.171. The topological polar surface area (TPSA) is 64.7 Å². The molecule has 4 nitrogen and oxygen atoms in total. The molecule has 3 rings (SSSR count). The molecule has 0 spiro atoms. The Hall–Kier alpha value is -1.47. The highest BCUT2D eigenvalue weighted by Gasteiger charge is 2.35. The Morgan fingerprint density at radius 1 is 1.04 bits per heavy atom. The summed E-state index contributed by atoms with van der Waals surface area (Å²) in [7, 11) is 0. The van der Waals surface area contributed by atoms with E-state index in [-0.39, 0.29) is 11.7 Å². The highest BCUT2D eigenvalue weighted by molar-refractivity contribution is 14.1. The summed E-state index contributed by atoms with van der Waals surface area (Å²) in [5.74, 6) is 1.67. The van der Waals surface area contributed by atoms with Crippen molar-refractivity contribution in [3.63, 3.8) is 0 Å². The van der Waals surface area contributed by atoms with Crippen molar-refractivity contribution in [1.29, 1.82) is 0 Å². The molecule has 1 fully saturated rings. The second-order valence-corrected chi connectivity index (χ2v) is 8.45. The van der Waals surface area contributed by atoms with Crippen molar-refractivity contribution in [2.75, 3.05) is 5.73 Å². The number of aliphatic hydroxyl groups excluding tert-OH is 1. The van der Waals surface area contributed by atoms with Crippen molar-refractivity contribution in [1.82, 2.24) is 0 Å². The monoisotopic (exact) mass is 481 g/mol. The lowest BCUT2D eigenvalue weighted by atomic mass is 9.77. The Morgan fingerprint density at radius 2 is 1.67 bits per heavy atom. The maximum absolute atomic E-state index is 9.77. The van der Waals surface area contributed by atoms with Gasteiger partial charge in [0.05, 0.1) is 6.10 Å². The van der Waals surface area contributed by atoms with E-state index in [9.17, 15) is 5.11 Å². The molecule has 0 unspecified atom stereocenters. The first kappa shape index (κ1) is 20.3. The van der Waals surface area contributed by atoms with Crippen LogP contribution in [0.3, 0.4) is 0 Å². The van der Waals surface area contributed by atoms with E-state index in [0.717, 1.165) is 36.8 Å². The molecular formula is C22H28INO3. The fraction of sp³-hybridized carbons (Fsp3) is 0.455. The first-order valence-electron chi connectivity index (χ1n) is 9.47. The maximum atomic E-state index is 9.77. The molecule has 3 N–H and O–H groups in total. The van der Waals surface area contributed by atoms with Crippen molar-refractivity contribution in [3.05, 3.63) is 42.0 Å². The molecule has 1 aliphatic carbocycles. The van der Waals surface area contributed by atoms with Crippen LogP contribution >= 0.6 is 23.0 Å². The van der Waals surface area contributed by atoms with E-state index in [1.165, 1.54) is 5.56 Å². The molecule has 0 heterocycles. The molecule has 0 aromatic heterocycles. The Kier molecular flexibility index (Phi) is 6.21. The standard InChI is InChI=1S/C22H28INO3/c1-14-4-6-15(7-5-14)18-12-13-19(20(24)21(18)27-23)26-22(2,3)16-8-10-17(25)11-9-16/h4-7,12-13,16-17,25H,8-11,24H2,1-3H3. The molecule has 0 amide bonds. The van der Waals surface area contributed by atoms with Crippen LogP contribution in [-0.2, 0) is 0 Å². The van der Waals surface area contributed by atoms with E-state index < -0.39 is 0 Å². The second kappa shape index (κ2) is 8.27. The average molecular weight is 481 g/mol. The van der Waals surface area contributed by atoms with Gasteiger partial charge in [-0.2, -0.15) is 0 Å². The average Bonchev–Trinajstić information content (AvgIpc) is 2.64. The summed E-state index contributed by atoms with van der Waals surface area (Å²) in [5.41, 5.74) is 9.81. The molecule has 0 saturated heterocycles. The predicted octanol–water partition coefficient (Wildman–Crippen LogP) is 5.68. The van der Waals surface area contributed by atoms with Gasteiger partial charge in [0.2, 0.25) is 0 Å². The quantitative estimate of drug-likeness (QED) is 0.426. The van der Waals surface area contributed by atoms with Crippen molar-refractivity contribution >= 4 is 28.7 Å². The Labute approximate surface area is 175 Å². The largest absolute Gasteiger partial charge is 0.485 e. The zero-order valence-electron chi connectivity index (χ0n) is 16.2. The number of aryl methyl sites for hydroxylation is 1. The summed E-state index contributed by atoms with van der Waals surface area (Å²) < 4.78 is 12.0. The van der Waals surface area contributed by atoms with E-state index in [1.807, 2.05) is 35.1 Å². The highest BCUT2D eigenvalue weighted by atomic mass is 127. The fourth-order valence-electron chi connectivity index (χ4n) is 3.85. The smallest absolute Gasteiger partial charge is 0.192 e. The molecule has 1 saturated carbocycles. The van der Waals surface area contributed by atoms with Gasteiger partial charge in [-0.3, -0.25) is 0 Å². The molecule has 5 heteroatoms. The molecule has 146 valence electrons. The molecule has 0 bridgehead atoms. The van der Waals surface area contributed by atoms with Gasteiger partial charge in [0.25, 0.3) is 0 Å². The van der Waals surface area contributed by atoms with Gasteiger partial charge >= 0.3 is 0 Å². The van der Waals surface area contributed by atoms with Crippen LogP contribution in [0.1, 0.15) is 45.1 Å². The summed E-state index contributed by atoms with van der Waals surface area (Å²) >= 11 is 1.87. The number of anilines is 1. The molecule has 2 aromatic rings. The Bertz CT molecular complexity index is 781. The minimum Gasteiger partial charge on any atom is -0.485 e. The number of rotatable bonds is 5. The number of aliphatic hydroxyl groups is 1. The van der Waals surface area contributed by atoms with Crippen molar-refractivity contribution < 1.29 is 12.9 Å². The van der Waals surface area contributed by atoms with Crippen molar-refractivity contribution in [2.24, 2.45) is 5.92 Å². The number of benzene rings is 2. The Balaban J connectivity index is 1.87. The van der Waals surface area contributed by atoms with Crippen LogP contribution in [0.4, 0.5) is 5.69 Å². The summed E-state index contributed by atoms with van der Waals surface area (Å²) in [6.45, 7) is 6.28. The fourth-order valence-corrected chi connectivity index (χ4v) is 4.33. The van der Waals surface area contributed by atoms with E-state index in [2.05, 4.69) is 45.0 Å². The third kappa shape index (κ3) is 4.51. The number of nitrogens with two attached hydrogens (primary N) is 1. The molecule has 0 aliphatic heterocycles. The molecule has 1 aliphatic rings. The number of nitrogen functional groups attached to an aromatic ring is 1. The lowest BCUT2D eigenvalue weighted by molar-refractivity contribution is 0.000736. The molecule has 0 atom stereocenters. The molecule has 27 heavy (non-hydrogen) atoms. The zero-order valence-corrected chi connectivity index (χ0v) is 18.3. The van der Waals surface area contributed by atoms with Crippen LogP contribution in [0.15, 0.2) is 36.4 Å². The van der Waals surface area contributed by atoms with Crippen LogP contribution in [0.2, 0.25) is 0 Å². The van der Waals surface area contributed by atoms with Crippen LogP contribution < -0.4 is 13.5 Å². The minimum atomic E-state index is -0.359. The van der Waals surface area contributed by atoms with Gasteiger partial charge in [-0.15, -0.1) is 0 Å². The number of hydrogen-bond acceptors (Lipinski definition) is 4. The Morgan fingerprint density at radius 3 is 2.26 bits per heavy atom. The third-order valence-corrected chi connectivity index (χ3v) is 6.09. The summed E-state index contributed by atoms with van der Waals surface area (Å²) in [6, 6.07) is 12.2. The SMILES string of the molecule is Cc1ccc(-c2ccc(OC(C)(C)C3CCC(O)CC3)c(N)c2OI)cc1. The summed E-state index contributed by atoms with van der Waals surface area (Å²) in [6.07, 6.45) is 3.43. The van der Waals surface area contributed by atoms with E-state index in [1.54, 1.807) is 0 Å². The zero-order chi connectivity index (χ0) is 19.6. The van der Waals surface area contributed by atoms with Gasteiger partial charge in [-0.05, 0) is 70.1 Å². The lowest BCUT2D eigenvalue weighted by Crippen LogP contribution is -2.40. The second-order valence-electron chi connectivity index (χ2n) is 8.01. The summed E-state index contributed by atoms with van der Waals surface area (Å²) in [4.78, 5) is 0. The lowest BCUT2D eigenvalue weighted by Gasteiger charge is -2.38. The molecular weight excluding hydrogens is 453 g/mol. The van der Waals surface area contributed by atoms with E-state index >= 15 is 0 Å². The first-order chi connectivity index (χ1) is 12.8. The molecule has 2 aromatic carbocycles. The number of halogens is 1. The van der Waals surface area contributed by atoms with Gasteiger partial charge in [-0.25, -0.2) is 0 Å². The van der Waals surface area contributed by atoms with Gasteiger partial charge in [-0.1, -0.05) is 29.8 Å². The van der Waals surface area contributed by atoms with Crippen molar-refractivity contribution in [2.45, 2.75) is 58.2 Å². The van der Waals surface area contributed by atoms with Crippen LogP contribution in [0.5, 0.6) is 11.5 Å². The van der Waals surface area contributed by atoms with Crippen LogP contribution in [-0.4, -0.2) is 16.8 Å². The normalized spacial score (nSPS) is 20.3. The summed E-state index contributed by atoms with van der Waals surface area (Å²) in [5, 5.41) is 9.77. The van der Waals surface area contributed by atoms with Crippen LogP contribution in [0.25, 0.3) is 11.1 Å². The van der Waals surface area contributed by atoms with Crippen LogP contribution in [0, 0.1) is 12.8 Å². The van der Waals surface area contributed by atoms with Gasteiger partial charge in [0.1, 0.15) is 17.0 Å².